The first-order chi connectivity index (χ1) is 12.2. The van der Waals surface area contributed by atoms with Crippen LogP contribution < -0.4 is 5.32 Å². The van der Waals surface area contributed by atoms with E-state index in [0.717, 1.165) is 26.0 Å². The molecule has 4 rings (SSSR count). The number of anilines is 1. The lowest BCUT2D eigenvalue weighted by Crippen LogP contribution is -2.11. The lowest BCUT2D eigenvalue weighted by atomic mass is 10.2. The molecule has 1 amide bonds. The molecule has 0 atom stereocenters. The van der Waals surface area contributed by atoms with Gasteiger partial charge in [-0.3, -0.25) is 9.36 Å². The van der Waals surface area contributed by atoms with E-state index >= 15 is 0 Å². The predicted octanol–water partition coefficient (Wildman–Crippen LogP) is 4.88. The Morgan fingerprint density at radius 2 is 1.64 bits per heavy atom. The van der Waals surface area contributed by atoms with Crippen molar-refractivity contribution < 1.29 is 4.79 Å². The van der Waals surface area contributed by atoms with E-state index in [4.69, 9.17) is 0 Å². The van der Waals surface area contributed by atoms with Crippen molar-refractivity contribution in [3.8, 4) is 5.69 Å². The molecule has 0 saturated heterocycles. The Labute approximate surface area is 158 Å². The highest BCUT2D eigenvalue weighted by Gasteiger charge is 2.08. The van der Waals surface area contributed by atoms with Crippen molar-refractivity contribution in [2.45, 2.75) is 0 Å². The standard InChI is InChI=1S/C20H14IN3O/c21-15-7-9-16(10-8-15)23-20(25)14-5-11-17(12-6-14)24-13-22-18-3-1-2-4-19(18)24/h1-13H,(H,23,25). The Morgan fingerprint density at radius 3 is 2.40 bits per heavy atom. The number of benzene rings is 3. The number of imidazole rings is 1. The van der Waals surface area contributed by atoms with Gasteiger partial charge in [-0.1, -0.05) is 12.1 Å². The second kappa shape index (κ2) is 6.68. The second-order valence-electron chi connectivity index (χ2n) is 5.61. The smallest absolute Gasteiger partial charge is 0.255 e. The number of hydrogen-bond acceptors (Lipinski definition) is 2. The van der Waals surface area contributed by atoms with Crippen LogP contribution in [0.5, 0.6) is 0 Å². The molecule has 4 aromatic rings. The zero-order chi connectivity index (χ0) is 17.2. The Kier molecular flexibility index (Phi) is 4.23. The van der Waals surface area contributed by atoms with Gasteiger partial charge in [0.2, 0.25) is 0 Å². The number of carbonyl (C=O) groups is 1. The van der Waals surface area contributed by atoms with Gasteiger partial charge in [0.1, 0.15) is 6.33 Å². The molecule has 4 nitrogen and oxygen atoms in total. The first-order valence-electron chi connectivity index (χ1n) is 7.80. The number of rotatable bonds is 3. The van der Waals surface area contributed by atoms with Gasteiger partial charge in [-0.2, -0.15) is 0 Å². The quantitative estimate of drug-likeness (QED) is 0.463. The minimum absolute atomic E-state index is 0.122. The summed E-state index contributed by atoms with van der Waals surface area (Å²) in [6.45, 7) is 0. The number of carbonyl (C=O) groups excluding carboxylic acids is 1. The van der Waals surface area contributed by atoms with E-state index in [1.165, 1.54) is 0 Å². The Balaban J connectivity index is 1.57. The minimum atomic E-state index is -0.122. The fourth-order valence-corrected chi connectivity index (χ4v) is 3.03. The molecule has 0 aliphatic heterocycles. The summed E-state index contributed by atoms with van der Waals surface area (Å²) in [6.07, 6.45) is 1.80. The van der Waals surface area contributed by atoms with Gasteiger partial charge in [-0.25, -0.2) is 4.98 Å². The highest BCUT2D eigenvalue weighted by Crippen LogP contribution is 2.19. The highest BCUT2D eigenvalue weighted by atomic mass is 127. The normalized spacial score (nSPS) is 10.8. The van der Waals surface area contributed by atoms with E-state index in [0.29, 0.717) is 5.56 Å². The molecule has 1 aromatic heterocycles. The van der Waals surface area contributed by atoms with Crippen LogP contribution in [0, 0.1) is 3.57 Å². The molecule has 5 heteroatoms. The van der Waals surface area contributed by atoms with Gasteiger partial charge in [0.25, 0.3) is 5.91 Å². The zero-order valence-electron chi connectivity index (χ0n) is 13.2. The van der Waals surface area contributed by atoms with Crippen molar-refractivity contribution in [2.24, 2.45) is 0 Å². The number of hydrogen-bond donors (Lipinski definition) is 1. The van der Waals surface area contributed by atoms with E-state index in [-0.39, 0.29) is 5.91 Å². The van der Waals surface area contributed by atoms with Gasteiger partial charge in [0, 0.05) is 20.5 Å². The first kappa shape index (κ1) is 15.8. The van der Waals surface area contributed by atoms with Crippen molar-refractivity contribution >= 4 is 45.2 Å². The summed E-state index contributed by atoms with van der Waals surface area (Å²) in [7, 11) is 0. The Hall–Kier alpha value is -2.67. The SMILES string of the molecule is O=C(Nc1ccc(I)cc1)c1ccc(-n2cnc3ccccc32)cc1. The molecule has 0 aliphatic rings. The number of aromatic nitrogens is 2. The van der Waals surface area contributed by atoms with Gasteiger partial charge in [-0.05, 0) is 83.3 Å². The second-order valence-corrected chi connectivity index (χ2v) is 6.86. The molecule has 0 aliphatic carbocycles. The maximum atomic E-state index is 12.4. The molecule has 25 heavy (non-hydrogen) atoms. The van der Waals surface area contributed by atoms with E-state index < -0.39 is 0 Å². The maximum absolute atomic E-state index is 12.4. The summed E-state index contributed by atoms with van der Waals surface area (Å²) in [4.78, 5) is 16.8. The van der Waals surface area contributed by atoms with Crippen LogP contribution in [0.2, 0.25) is 0 Å². The predicted molar refractivity (Wildman–Crippen MR) is 108 cm³/mol. The molecule has 0 fully saturated rings. The number of nitrogens with one attached hydrogen (secondary N) is 1. The monoisotopic (exact) mass is 439 g/mol. The molecule has 0 unspecified atom stereocenters. The van der Waals surface area contributed by atoms with Crippen molar-refractivity contribution in [1.82, 2.24) is 9.55 Å². The zero-order valence-corrected chi connectivity index (χ0v) is 15.3. The van der Waals surface area contributed by atoms with Crippen LogP contribution in [-0.4, -0.2) is 15.5 Å². The van der Waals surface area contributed by atoms with E-state index in [9.17, 15) is 4.79 Å². The van der Waals surface area contributed by atoms with Gasteiger partial charge < -0.3 is 5.32 Å². The third-order valence-electron chi connectivity index (χ3n) is 3.96. The highest BCUT2D eigenvalue weighted by molar-refractivity contribution is 14.1. The minimum Gasteiger partial charge on any atom is -0.322 e. The largest absolute Gasteiger partial charge is 0.322 e. The lowest BCUT2D eigenvalue weighted by molar-refractivity contribution is 0.102. The number of halogens is 1. The summed E-state index contributed by atoms with van der Waals surface area (Å²) in [5.74, 6) is -0.122. The maximum Gasteiger partial charge on any atom is 0.255 e. The van der Waals surface area contributed by atoms with Crippen LogP contribution in [0.4, 0.5) is 5.69 Å². The van der Waals surface area contributed by atoms with Crippen molar-refractivity contribution in [1.29, 1.82) is 0 Å². The number of para-hydroxylation sites is 2. The molecule has 0 bridgehead atoms. The molecule has 0 radical (unpaired) electrons. The molecule has 3 aromatic carbocycles. The van der Waals surface area contributed by atoms with Crippen molar-refractivity contribution in [3.05, 3.63) is 88.3 Å². The third kappa shape index (κ3) is 3.28. The molecule has 1 heterocycles. The molecular formula is C20H14IN3O. The summed E-state index contributed by atoms with van der Waals surface area (Å²) >= 11 is 2.24. The fraction of sp³-hybridized carbons (Fsp3) is 0. The van der Waals surface area contributed by atoms with Gasteiger partial charge in [0.15, 0.2) is 0 Å². The topological polar surface area (TPSA) is 46.9 Å². The van der Waals surface area contributed by atoms with Crippen LogP contribution in [0.3, 0.4) is 0 Å². The fourth-order valence-electron chi connectivity index (χ4n) is 2.67. The van der Waals surface area contributed by atoms with Gasteiger partial charge in [0.05, 0.1) is 11.0 Å². The summed E-state index contributed by atoms with van der Waals surface area (Å²) in [6, 6.07) is 23.2. The Morgan fingerprint density at radius 1 is 0.920 bits per heavy atom. The molecule has 0 saturated carbocycles. The summed E-state index contributed by atoms with van der Waals surface area (Å²) < 4.78 is 3.14. The van der Waals surface area contributed by atoms with E-state index in [1.807, 2.05) is 77.4 Å². The van der Waals surface area contributed by atoms with E-state index in [1.54, 1.807) is 6.33 Å². The number of nitrogens with zero attached hydrogens (tertiary/aromatic N) is 2. The molecule has 0 spiro atoms. The first-order valence-corrected chi connectivity index (χ1v) is 8.88. The van der Waals surface area contributed by atoms with Crippen LogP contribution in [0.1, 0.15) is 10.4 Å². The summed E-state index contributed by atoms with van der Waals surface area (Å²) in [5.41, 5.74) is 4.36. The van der Waals surface area contributed by atoms with Crippen LogP contribution in [0.25, 0.3) is 16.7 Å². The lowest BCUT2D eigenvalue weighted by Gasteiger charge is -2.08. The molecule has 1 N–H and O–H groups in total. The van der Waals surface area contributed by atoms with Crippen LogP contribution in [-0.2, 0) is 0 Å². The third-order valence-corrected chi connectivity index (χ3v) is 4.68. The Bertz CT molecular complexity index is 1040. The summed E-state index contributed by atoms with van der Waals surface area (Å²) in [5, 5.41) is 2.91. The average molecular weight is 439 g/mol. The number of amides is 1. The van der Waals surface area contributed by atoms with E-state index in [2.05, 4.69) is 32.9 Å². The van der Waals surface area contributed by atoms with Crippen molar-refractivity contribution in [3.63, 3.8) is 0 Å². The van der Waals surface area contributed by atoms with Gasteiger partial charge >= 0.3 is 0 Å². The average Bonchev–Trinajstić information content (AvgIpc) is 3.08. The van der Waals surface area contributed by atoms with Crippen molar-refractivity contribution in [2.75, 3.05) is 5.32 Å². The van der Waals surface area contributed by atoms with Crippen LogP contribution in [0.15, 0.2) is 79.1 Å². The van der Waals surface area contributed by atoms with Crippen LogP contribution >= 0.6 is 22.6 Å². The van der Waals surface area contributed by atoms with Gasteiger partial charge in [-0.15, -0.1) is 0 Å². The molecule has 122 valence electrons. The number of fused-ring (bicyclic) bond motifs is 1. The molecular weight excluding hydrogens is 425 g/mol.